The van der Waals surface area contributed by atoms with Gasteiger partial charge >= 0.3 is 0 Å². The van der Waals surface area contributed by atoms with Gasteiger partial charge in [-0.2, -0.15) is 0 Å². The second-order valence-electron chi connectivity index (χ2n) is 3.43. The average molecular weight is 234 g/mol. The SMILES string of the molecule is C=C(OCC)c1nc2ccc(F)cc2c(=O)[nH]1. The smallest absolute Gasteiger partial charge is 0.259 e. The molecule has 0 saturated heterocycles. The molecule has 1 N–H and O–H groups in total. The van der Waals surface area contributed by atoms with E-state index in [2.05, 4.69) is 16.5 Å². The normalized spacial score (nSPS) is 10.5. The first-order valence-electron chi connectivity index (χ1n) is 5.13. The Hall–Kier alpha value is -2.17. The van der Waals surface area contributed by atoms with Gasteiger partial charge in [0.15, 0.2) is 11.6 Å². The Balaban J connectivity index is 2.60. The van der Waals surface area contributed by atoms with Gasteiger partial charge in [-0.1, -0.05) is 6.58 Å². The number of H-pyrrole nitrogens is 1. The number of benzene rings is 1. The number of fused-ring (bicyclic) bond motifs is 1. The van der Waals surface area contributed by atoms with E-state index in [1.165, 1.54) is 12.1 Å². The van der Waals surface area contributed by atoms with Crippen molar-refractivity contribution in [3.63, 3.8) is 0 Å². The minimum Gasteiger partial charge on any atom is -0.491 e. The van der Waals surface area contributed by atoms with E-state index in [1.54, 1.807) is 6.92 Å². The van der Waals surface area contributed by atoms with Crippen LogP contribution in [0.5, 0.6) is 0 Å². The number of halogens is 1. The number of aromatic nitrogens is 2. The van der Waals surface area contributed by atoms with Crippen LogP contribution in [0.15, 0.2) is 29.6 Å². The number of hydrogen-bond donors (Lipinski definition) is 1. The highest BCUT2D eigenvalue weighted by molar-refractivity contribution is 5.78. The molecule has 0 amide bonds. The highest BCUT2D eigenvalue weighted by Crippen LogP contribution is 2.12. The lowest BCUT2D eigenvalue weighted by Crippen LogP contribution is -2.12. The predicted octanol–water partition coefficient (Wildman–Crippen LogP) is 2.07. The summed E-state index contributed by atoms with van der Waals surface area (Å²) in [6, 6.07) is 3.85. The third-order valence-corrected chi connectivity index (χ3v) is 2.25. The first kappa shape index (κ1) is 11.3. The summed E-state index contributed by atoms with van der Waals surface area (Å²) in [5.74, 6) is 0.0768. The Kier molecular flexibility index (Phi) is 2.91. The van der Waals surface area contributed by atoms with Gasteiger partial charge in [0.2, 0.25) is 0 Å². The lowest BCUT2D eigenvalue weighted by molar-refractivity contribution is 0.296. The molecule has 0 bridgehead atoms. The van der Waals surface area contributed by atoms with Gasteiger partial charge < -0.3 is 9.72 Å². The first-order valence-corrected chi connectivity index (χ1v) is 5.13. The zero-order chi connectivity index (χ0) is 12.4. The molecule has 0 saturated carbocycles. The van der Waals surface area contributed by atoms with Crippen molar-refractivity contribution < 1.29 is 9.13 Å². The summed E-state index contributed by atoms with van der Waals surface area (Å²) in [6.45, 7) is 5.89. The van der Waals surface area contributed by atoms with E-state index in [0.717, 1.165) is 6.07 Å². The Bertz CT molecular complexity index is 634. The quantitative estimate of drug-likeness (QED) is 0.827. The van der Waals surface area contributed by atoms with Crippen LogP contribution in [0.2, 0.25) is 0 Å². The summed E-state index contributed by atoms with van der Waals surface area (Å²) in [5.41, 5.74) is -0.00337. The van der Waals surface area contributed by atoms with Crippen molar-refractivity contribution in [1.82, 2.24) is 9.97 Å². The Morgan fingerprint density at radius 1 is 1.59 bits per heavy atom. The Morgan fingerprint density at radius 3 is 3.06 bits per heavy atom. The third kappa shape index (κ3) is 2.18. The summed E-state index contributed by atoms with van der Waals surface area (Å²) >= 11 is 0. The molecule has 0 fully saturated rings. The molecule has 88 valence electrons. The van der Waals surface area contributed by atoms with Gasteiger partial charge in [0.25, 0.3) is 5.56 Å². The average Bonchev–Trinajstić information content (AvgIpc) is 2.30. The van der Waals surface area contributed by atoms with Crippen molar-refractivity contribution in [1.29, 1.82) is 0 Å². The fourth-order valence-corrected chi connectivity index (χ4v) is 1.49. The zero-order valence-corrected chi connectivity index (χ0v) is 9.29. The Morgan fingerprint density at radius 2 is 2.35 bits per heavy atom. The van der Waals surface area contributed by atoms with E-state index in [1.807, 2.05) is 0 Å². The zero-order valence-electron chi connectivity index (χ0n) is 9.29. The molecule has 2 aromatic rings. The van der Waals surface area contributed by atoms with Gasteiger partial charge in [-0.25, -0.2) is 9.37 Å². The molecule has 0 aliphatic carbocycles. The lowest BCUT2D eigenvalue weighted by Gasteiger charge is -2.06. The molecule has 2 rings (SSSR count). The molecule has 0 atom stereocenters. The highest BCUT2D eigenvalue weighted by Gasteiger charge is 2.07. The molecular formula is C12H11FN2O2. The van der Waals surface area contributed by atoms with Gasteiger partial charge in [-0.3, -0.25) is 4.79 Å². The van der Waals surface area contributed by atoms with Gasteiger partial charge in [-0.15, -0.1) is 0 Å². The van der Waals surface area contributed by atoms with Crippen molar-refractivity contribution in [2.45, 2.75) is 6.92 Å². The van der Waals surface area contributed by atoms with Crippen molar-refractivity contribution >= 4 is 16.7 Å². The number of aromatic amines is 1. The van der Waals surface area contributed by atoms with Crippen molar-refractivity contribution in [2.24, 2.45) is 0 Å². The molecule has 0 radical (unpaired) electrons. The minimum atomic E-state index is -0.471. The number of nitrogens with zero attached hydrogens (tertiary/aromatic N) is 1. The second kappa shape index (κ2) is 4.37. The number of rotatable bonds is 3. The van der Waals surface area contributed by atoms with Crippen LogP contribution in [0.1, 0.15) is 12.7 Å². The third-order valence-electron chi connectivity index (χ3n) is 2.25. The Labute approximate surface area is 96.8 Å². The maximum atomic E-state index is 13.0. The van der Waals surface area contributed by atoms with Crippen LogP contribution in [0, 0.1) is 5.82 Å². The number of nitrogens with one attached hydrogen (secondary N) is 1. The highest BCUT2D eigenvalue weighted by atomic mass is 19.1. The molecule has 17 heavy (non-hydrogen) atoms. The first-order chi connectivity index (χ1) is 8.11. The van der Waals surface area contributed by atoms with E-state index in [0.29, 0.717) is 12.1 Å². The molecule has 0 aliphatic rings. The van der Waals surface area contributed by atoms with E-state index in [4.69, 9.17) is 4.74 Å². The van der Waals surface area contributed by atoms with Crippen molar-refractivity contribution in [2.75, 3.05) is 6.61 Å². The topological polar surface area (TPSA) is 55.0 Å². The van der Waals surface area contributed by atoms with E-state index < -0.39 is 11.4 Å². The van der Waals surface area contributed by atoms with Gasteiger partial charge in [0, 0.05) is 0 Å². The molecular weight excluding hydrogens is 223 g/mol. The van der Waals surface area contributed by atoms with Crippen LogP contribution >= 0.6 is 0 Å². The van der Waals surface area contributed by atoms with Gasteiger partial charge in [0.1, 0.15) is 5.82 Å². The largest absolute Gasteiger partial charge is 0.491 e. The second-order valence-corrected chi connectivity index (χ2v) is 3.43. The molecule has 1 heterocycles. The molecule has 4 nitrogen and oxygen atoms in total. The van der Waals surface area contributed by atoms with Crippen molar-refractivity contribution in [3.8, 4) is 0 Å². The van der Waals surface area contributed by atoms with E-state index in [9.17, 15) is 9.18 Å². The molecule has 1 aromatic heterocycles. The molecule has 0 aliphatic heterocycles. The van der Waals surface area contributed by atoms with Crippen LogP contribution in [-0.2, 0) is 4.74 Å². The monoisotopic (exact) mass is 234 g/mol. The minimum absolute atomic E-state index is 0.207. The molecule has 0 unspecified atom stereocenters. The van der Waals surface area contributed by atoms with E-state index in [-0.39, 0.29) is 17.0 Å². The van der Waals surface area contributed by atoms with Crippen molar-refractivity contribution in [3.05, 3.63) is 46.8 Å². The summed E-state index contributed by atoms with van der Waals surface area (Å²) in [6.07, 6.45) is 0. The maximum absolute atomic E-state index is 13.0. The summed E-state index contributed by atoms with van der Waals surface area (Å²) in [7, 11) is 0. The number of ether oxygens (including phenoxy) is 1. The fraction of sp³-hybridized carbons (Fsp3) is 0.167. The molecule has 1 aromatic carbocycles. The lowest BCUT2D eigenvalue weighted by atomic mass is 10.2. The molecule has 5 heteroatoms. The van der Waals surface area contributed by atoms with Crippen LogP contribution in [-0.4, -0.2) is 16.6 Å². The van der Waals surface area contributed by atoms with Gasteiger partial charge in [-0.05, 0) is 25.1 Å². The van der Waals surface area contributed by atoms with Crippen LogP contribution in [0.25, 0.3) is 16.7 Å². The fourth-order valence-electron chi connectivity index (χ4n) is 1.49. The standard InChI is InChI=1S/C12H11FN2O2/c1-3-17-7(2)11-14-10-5-4-8(13)6-9(10)12(16)15-11/h4-6H,2-3H2,1H3,(H,14,15,16). The predicted molar refractivity (Wildman–Crippen MR) is 63.0 cm³/mol. The maximum Gasteiger partial charge on any atom is 0.259 e. The molecule has 0 spiro atoms. The van der Waals surface area contributed by atoms with Crippen LogP contribution in [0.4, 0.5) is 4.39 Å². The van der Waals surface area contributed by atoms with Gasteiger partial charge in [0.05, 0.1) is 17.5 Å². The van der Waals surface area contributed by atoms with E-state index >= 15 is 0 Å². The summed E-state index contributed by atoms with van der Waals surface area (Å²) < 4.78 is 18.1. The number of hydrogen-bond acceptors (Lipinski definition) is 3. The summed E-state index contributed by atoms with van der Waals surface area (Å²) in [4.78, 5) is 18.4. The summed E-state index contributed by atoms with van der Waals surface area (Å²) in [5, 5.41) is 0.207. The van der Waals surface area contributed by atoms with Crippen LogP contribution in [0.3, 0.4) is 0 Å². The van der Waals surface area contributed by atoms with Crippen LogP contribution < -0.4 is 5.56 Å².